The number of hydrogen-bond acceptors (Lipinski definition) is 6. The van der Waals surface area contributed by atoms with Crippen LogP contribution < -0.4 is 5.32 Å². The van der Waals surface area contributed by atoms with Crippen LogP contribution in [0.5, 0.6) is 0 Å². The van der Waals surface area contributed by atoms with E-state index in [2.05, 4.69) is 21.3 Å². The highest BCUT2D eigenvalue weighted by molar-refractivity contribution is 7.98. The Bertz CT molecular complexity index is 817. The van der Waals surface area contributed by atoms with Crippen molar-refractivity contribution in [3.63, 3.8) is 0 Å². The third-order valence-electron chi connectivity index (χ3n) is 5.52. The molecule has 154 valence electrons. The molecule has 6 nitrogen and oxygen atoms in total. The van der Waals surface area contributed by atoms with E-state index in [-0.39, 0.29) is 11.9 Å². The fraction of sp³-hybridized carbons (Fsp3) is 0.455. The number of hydrogen-bond donors (Lipinski definition) is 1. The molecule has 29 heavy (non-hydrogen) atoms. The number of aromatic nitrogens is 1. The van der Waals surface area contributed by atoms with E-state index in [0.29, 0.717) is 13.2 Å². The monoisotopic (exact) mass is 413 g/mol. The molecule has 7 heteroatoms. The summed E-state index contributed by atoms with van der Waals surface area (Å²) in [6.07, 6.45) is 3.42. The van der Waals surface area contributed by atoms with Crippen LogP contribution in [-0.2, 0) is 20.0 Å². The van der Waals surface area contributed by atoms with Gasteiger partial charge in [-0.3, -0.25) is 9.69 Å². The molecule has 1 N–H and O–H groups in total. The summed E-state index contributed by atoms with van der Waals surface area (Å²) in [7, 11) is 0. The van der Waals surface area contributed by atoms with Crippen molar-refractivity contribution in [3.8, 4) is 0 Å². The van der Waals surface area contributed by atoms with Crippen LogP contribution in [0, 0.1) is 0 Å². The highest BCUT2D eigenvalue weighted by Crippen LogP contribution is 2.32. The number of carbonyl (C=O) groups is 1. The SMILES string of the molecule is C[C@@H](C(=O)Nc1cccc(CSc2ccccn2)c1)N1CCC2(CC1)OCCO2. The Morgan fingerprint density at radius 2 is 2.00 bits per heavy atom. The Kier molecular flexibility index (Phi) is 6.50. The average molecular weight is 414 g/mol. The van der Waals surface area contributed by atoms with Gasteiger partial charge < -0.3 is 14.8 Å². The van der Waals surface area contributed by atoms with Gasteiger partial charge in [-0.1, -0.05) is 18.2 Å². The molecule has 0 bridgehead atoms. The Labute approximate surface area is 176 Å². The van der Waals surface area contributed by atoms with Crippen molar-refractivity contribution in [1.29, 1.82) is 0 Å². The number of thioether (sulfide) groups is 1. The smallest absolute Gasteiger partial charge is 0.241 e. The molecule has 1 aromatic carbocycles. The molecule has 2 aliphatic rings. The third kappa shape index (κ3) is 5.17. The summed E-state index contributed by atoms with van der Waals surface area (Å²) in [6, 6.07) is 13.7. The summed E-state index contributed by atoms with van der Waals surface area (Å²) in [5.74, 6) is 0.417. The van der Waals surface area contributed by atoms with Crippen molar-refractivity contribution < 1.29 is 14.3 Å². The molecular formula is C22H27N3O3S. The van der Waals surface area contributed by atoms with Crippen molar-refractivity contribution in [1.82, 2.24) is 9.88 Å². The van der Waals surface area contributed by atoms with E-state index in [1.54, 1.807) is 18.0 Å². The maximum absolute atomic E-state index is 12.8. The fourth-order valence-corrected chi connectivity index (χ4v) is 4.58. The van der Waals surface area contributed by atoms with Gasteiger partial charge in [-0.25, -0.2) is 4.98 Å². The normalized spacial score (nSPS) is 19.9. The van der Waals surface area contributed by atoms with Crippen LogP contribution in [0.1, 0.15) is 25.3 Å². The Hall–Kier alpha value is -1.93. The molecule has 1 atom stereocenters. The van der Waals surface area contributed by atoms with Gasteiger partial charge in [-0.15, -0.1) is 11.8 Å². The second kappa shape index (κ2) is 9.26. The van der Waals surface area contributed by atoms with Gasteiger partial charge in [0.1, 0.15) is 0 Å². The van der Waals surface area contributed by atoms with E-state index < -0.39 is 5.79 Å². The molecule has 1 spiro atoms. The number of likely N-dealkylation sites (tertiary alicyclic amines) is 1. The first-order chi connectivity index (χ1) is 14.1. The van der Waals surface area contributed by atoms with E-state index >= 15 is 0 Å². The van der Waals surface area contributed by atoms with Crippen LogP contribution >= 0.6 is 11.8 Å². The topological polar surface area (TPSA) is 63.7 Å². The van der Waals surface area contributed by atoms with Gasteiger partial charge in [0.25, 0.3) is 0 Å². The first-order valence-corrected chi connectivity index (χ1v) is 11.1. The molecule has 0 unspecified atom stereocenters. The zero-order valence-electron chi connectivity index (χ0n) is 16.7. The van der Waals surface area contributed by atoms with Crippen molar-refractivity contribution in [2.24, 2.45) is 0 Å². The lowest BCUT2D eigenvalue weighted by Gasteiger charge is -2.39. The standard InChI is InChI=1S/C22H27N3O3S/c1-17(25-11-8-22(9-12-25)27-13-14-28-22)21(26)24-19-6-4-5-18(15-19)16-29-20-7-2-3-10-23-20/h2-7,10,15,17H,8-9,11-14,16H2,1H3,(H,24,26)/t17-/m0/s1. The van der Waals surface area contributed by atoms with E-state index in [1.807, 2.05) is 43.3 Å². The summed E-state index contributed by atoms with van der Waals surface area (Å²) in [6.45, 7) is 4.91. The van der Waals surface area contributed by atoms with Crippen LogP contribution in [-0.4, -0.2) is 53.9 Å². The fourth-order valence-electron chi connectivity index (χ4n) is 3.78. The van der Waals surface area contributed by atoms with Crippen LogP contribution in [0.15, 0.2) is 53.7 Å². The van der Waals surface area contributed by atoms with E-state index in [0.717, 1.165) is 48.0 Å². The molecular weight excluding hydrogens is 386 g/mol. The van der Waals surface area contributed by atoms with Gasteiger partial charge in [-0.05, 0) is 36.8 Å². The number of benzene rings is 1. The summed E-state index contributed by atoms with van der Waals surface area (Å²) in [4.78, 5) is 19.3. The molecule has 1 amide bonds. The molecule has 4 rings (SSSR count). The van der Waals surface area contributed by atoms with Gasteiger partial charge in [0.05, 0.1) is 24.3 Å². The lowest BCUT2D eigenvalue weighted by molar-refractivity contribution is -0.187. The highest BCUT2D eigenvalue weighted by atomic mass is 32.2. The number of carbonyl (C=O) groups excluding carboxylic acids is 1. The molecule has 1 aromatic heterocycles. The maximum Gasteiger partial charge on any atom is 0.241 e. The number of piperidine rings is 1. The van der Waals surface area contributed by atoms with Crippen molar-refractivity contribution in [3.05, 3.63) is 54.2 Å². The second-order valence-electron chi connectivity index (χ2n) is 7.47. The first kappa shape index (κ1) is 20.3. The molecule has 3 heterocycles. The molecule has 0 radical (unpaired) electrons. The van der Waals surface area contributed by atoms with E-state index in [4.69, 9.17) is 9.47 Å². The van der Waals surface area contributed by atoms with Crippen LogP contribution in [0.2, 0.25) is 0 Å². The van der Waals surface area contributed by atoms with Gasteiger partial charge in [0, 0.05) is 43.6 Å². The van der Waals surface area contributed by atoms with Gasteiger partial charge in [0.2, 0.25) is 5.91 Å². The van der Waals surface area contributed by atoms with Crippen molar-refractivity contribution in [2.75, 3.05) is 31.6 Å². The highest BCUT2D eigenvalue weighted by Gasteiger charge is 2.41. The minimum Gasteiger partial charge on any atom is -0.347 e. The number of pyridine rings is 1. The predicted octanol–water partition coefficient (Wildman–Crippen LogP) is 3.54. The van der Waals surface area contributed by atoms with Gasteiger partial charge in [-0.2, -0.15) is 0 Å². The quantitative estimate of drug-likeness (QED) is 0.731. The largest absolute Gasteiger partial charge is 0.347 e. The van der Waals surface area contributed by atoms with E-state index in [9.17, 15) is 4.79 Å². The summed E-state index contributed by atoms with van der Waals surface area (Å²) < 4.78 is 11.6. The number of amides is 1. The molecule has 2 fully saturated rings. The Morgan fingerprint density at radius 3 is 2.72 bits per heavy atom. The average Bonchev–Trinajstić information content (AvgIpc) is 3.21. The Balaban J connectivity index is 1.30. The maximum atomic E-state index is 12.8. The molecule has 0 aliphatic carbocycles. The van der Waals surface area contributed by atoms with Crippen LogP contribution in [0.3, 0.4) is 0 Å². The number of rotatable bonds is 6. The number of ether oxygens (including phenoxy) is 2. The Morgan fingerprint density at radius 1 is 1.21 bits per heavy atom. The predicted molar refractivity (Wildman–Crippen MR) is 114 cm³/mol. The van der Waals surface area contributed by atoms with Crippen LogP contribution in [0.4, 0.5) is 5.69 Å². The van der Waals surface area contributed by atoms with Crippen molar-refractivity contribution in [2.45, 2.75) is 42.4 Å². The summed E-state index contributed by atoms with van der Waals surface area (Å²) in [5.41, 5.74) is 1.98. The number of nitrogens with zero attached hydrogens (tertiary/aromatic N) is 2. The molecule has 2 saturated heterocycles. The van der Waals surface area contributed by atoms with Crippen molar-refractivity contribution >= 4 is 23.4 Å². The van der Waals surface area contributed by atoms with Crippen LogP contribution in [0.25, 0.3) is 0 Å². The van der Waals surface area contributed by atoms with Gasteiger partial charge >= 0.3 is 0 Å². The lowest BCUT2D eigenvalue weighted by atomic mass is 10.0. The second-order valence-corrected chi connectivity index (χ2v) is 8.46. The first-order valence-electron chi connectivity index (χ1n) is 10.1. The minimum atomic E-state index is -0.410. The molecule has 0 saturated carbocycles. The minimum absolute atomic E-state index is 0.0173. The van der Waals surface area contributed by atoms with Gasteiger partial charge in [0.15, 0.2) is 5.79 Å². The zero-order chi connectivity index (χ0) is 20.1. The third-order valence-corrected chi connectivity index (χ3v) is 6.53. The number of nitrogens with one attached hydrogen (secondary N) is 1. The summed E-state index contributed by atoms with van der Waals surface area (Å²) in [5, 5.41) is 4.06. The lowest BCUT2D eigenvalue weighted by Crippen LogP contribution is -2.51. The van der Waals surface area contributed by atoms with E-state index in [1.165, 1.54) is 0 Å². The number of anilines is 1. The zero-order valence-corrected chi connectivity index (χ0v) is 17.5. The molecule has 2 aromatic rings. The molecule has 2 aliphatic heterocycles. The summed E-state index contributed by atoms with van der Waals surface area (Å²) >= 11 is 1.68.